The van der Waals surface area contributed by atoms with Gasteiger partial charge in [0.15, 0.2) is 0 Å². The van der Waals surface area contributed by atoms with Crippen LogP contribution in [0.3, 0.4) is 0 Å². The van der Waals surface area contributed by atoms with Crippen molar-refractivity contribution in [3.8, 4) is 16.9 Å². The highest BCUT2D eigenvalue weighted by Crippen LogP contribution is 2.27. The number of anilines is 4. The molecule has 0 spiro atoms. The zero-order valence-electron chi connectivity index (χ0n) is 24.4. The number of hydrogen-bond donors (Lipinski definition) is 5. The molecule has 2 fully saturated rings. The Morgan fingerprint density at radius 1 is 0.767 bits per heavy atom. The second-order valence-corrected chi connectivity index (χ2v) is 11.5. The van der Waals surface area contributed by atoms with Crippen LogP contribution in [0, 0.1) is 0 Å². The van der Waals surface area contributed by atoms with Crippen LogP contribution in [0.2, 0.25) is 0 Å². The molecule has 13 heteroatoms. The standard InChI is InChI=1S/C30H40N12O/c1-2-41-26(14-27(43)42(41)25-9-4-3-5-10-25)19-7-6-8-24(11-19)35-28-36-29(39-15-20(31)12-21(32)16-39)38-30(37-28)40-17-22(33)13-23(34)18-40/h3-11,14,20-23H,2,12-13,15-18,31-34H2,1H3,(H,35,36,37,38)/t20-,21+,22-,23+. The predicted octanol–water partition coefficient (Wildman–Crippen LogP) is 0.984. The highest BCUT2D eigenvalue weighted by molar-refractivity contribution is 5.68. The molecule has 2 aromatic carbocycles. The number of benzene rings is 2. The van der Waals surface area contributed by atoms with Crippen molar-refractivity contribution < 1.29 is 0 Å². The Morgan fingerprint density at radius 3 is 1.91 bits per heavy atom. The van der Waals surface area contributed by atoms with Crippen molar-refractivity contribution in [2.75, 3.05) is 41.3 Å². The molecule has 9 N–H and O–H groups in total. The number of para-hydroxylation sites is 1. The van der Waals surface area contributed by atoms with Gasteiger partial charge in [-0.1, -0.05) is 30.3 Å². The Balaban J connectivity index is 1.35. The van der Waals surface area contributed by atoms with Gasteiger partial charge in [0.05, 0.1) is 11.4 Å². The molecule has 0 aliphatic carbocycles. The summed E-state index contributed by atoms with van der Waals surface area (Å²) in [4.78, 5) is 31.5. The van der Waals surface area contributed by atoms with E-state index in [1.54, 1.807) is 10.7 Å². The summed E-state index contributed by atoms with van der Waals surface area (Å²) in [6.07, 6.45) is 1.49. The fourth-order valence-electron chi connectivity index (χ4n) is 6.12. The van der Waals surface area contributed by atoms with Crippen molar-refractivity contribution in [3.05, 3.63) is 71.0 Å². The number of piperidine rings is 2. The van der Waals surface area contributed by atoms with Crippen molar-refractivity contribution in [2.24, 2.45) is 22.9 Å². The lowest BCUT2D eigenvalue weighted by molar-refractivity contribution is 0.441. The Morgan fingerprint density at radius 2 is 1.35 bits per heavy atom. The number of rotatable bonds is 7. The van der Waals surface area contributed by atoms with Gasteiger partial charge in [-0.25, -0.2) is 4.68 Å². The maximum absolute atomic E-state index is 13.1. The Kier molecular flexibility index (Phi) is 8.13. The zero-order chi connectivity index (χ0) is 30.1. The lowest BCUT2D eigenvalue weighted by Crippen LogP contribution is -2.54. The average Bonchev–Trinajstić information content (AvgIpc) is 3.32. The monoisotopic (exact) mass is 584 g/mol. The summed E-state index contributed by atoms with van der Waals surface area (Å²) in [5.74, 6) is 1.38. The van der Waals surface area contributed by atoms with Crippen molar-refractivity contribution in [2.45, 2.75) is 50.5 Å². The van der Waals surface area contributed by atoms with Crippen LogP contribution in [0.15, 0.2) is 65.5 Å². The van der Waals surface area contributed by atoms with Crippen molar-refractivity contribution in [3.63, 3.8) is 0 Å². The van der Waals surface area contributed by atoms with Crippen LogP contribution >= 0.6 is 0 Å². The Bertz CT molecular complexity index is 1550. The van der Waals surface area contributed by atoms with E-state index in [-0.39, 0.29) is 29.7 Å². The van der Waals surface area contributed by atoms with Crippen LogP contribution in [-0.2, 0) is 6.54 Å². The van der Waals surface area contributed by atoms with Crippen LogP contribution in [0.25, 0.3) is 16.9 Å². The first kappa shape index (κ1) is 28.8. The first-order chi connectivity index (χ1) is 20.8. The molecule has 226 valence electrons. The molecule has 2 aromatic heterocycles. The fraction of sp³-hybridized carbons (Fsp3) is 0.400. The minimum absolute atomic E-state index is 0.0757. The fourth-order valence-corrected chi connectivity index (χ4v) is 6.12. The summed E-state index contributed by atoms with van der Waals surface area (Å²) in [7, 11) is 0. The molecule has 13 nitrogen and oxygen atoms in total. The molecule has 0 amide bonds. The van der Waals surface area contributed by atoms with Crippen molar-refractivity contribution in [1.29, 1.82) is 0 Å². The predicted molar refractivity (Wildman–Crippen MR) is 170 cm³/mol. The van der Waals surface area contributed by atoms with E-state index in [0.29, 0.717) is 50.6 Å². The molecule has 4 heterocycles. The van der Waals surface area contributed by atoms with Gasteiger partial charge in [-0.15, -0.1) is 0 Å². The van der Waals surface area contributed by atoms with Crippen molar-refractivity contribution in [1.82, 2.24) is 24.3 Å². The number of nitrogens with zero attached hydrogens (tertiary/aromatic N) is 7. The smallest absolute Gasteiger partial charge is 0.272 e. The maximum atomic E-state index is 13.1. The van der Waals surface area contributed by atoms with E-state index in [2.05, 4.69) is 5.32 Å². The van der Waals surface area contributed by atoms with Gasteiger partial charge in [0.2, 0.25) is 17.8 Å². The third-order valence-corrected chi connectivity index (χ3v) is 7.91. The van der Waals surface area contributed by atoms with Gasteiger partial charge >= 0.3 is 0 Å². The first-order valence-corrected chi connectivity index (χ1v) is 14.8. The summed E-state index contributed by atoms with van der Waals surface area (Å²) < 4.78 is 3.67. The summed E-state index contributed by atoms with van der Waals surface area (Å²) in [5, 5.41) is 3.37. The van der Waals surface area contributed by atoms with Gasteiger partial charge < -0.3 is 38.1 Å². The molecule has 4 aromatic rings. The van der Waals surface area contributed by atoms with Gasteiger partial charge in [-0.05, 0) is 44.0 Å². The minimum atomic E-state index is -0.0935. The quantitative estimate of drug-likeness (QED) is 0.208. The molecule has 2 saturated heterocycles. The number of nitrogens with two attached hydrogens (primary N) is 4. The lowest BCUT2D eigenvalue weighted by atomic mass is 10.0. The Hall–Kier alpha value is -4.30. The topological polar surface area (TPSA) is 188 Å². The Labute approximate surface area is 250 Å². The molecular formula is C30H40N12O. The van der Waals surface area contributed by atoms with E-state index in [9.17, 15) is 4.79 Å². The molecule has 2 aliphatic rings. The number of nitrogens with one attached hydrogen (secondary N) is 1. The van der Waals surface area contributed by atoms with E-state index >= 15 is 0 Å². The third kappa shape index (κ3) is 6.25. The summed E-state index contributed by atoms with van der Waals surface area (Å²) in [6, 6.07) is 18.8. The van der Waals surface area contributed by atoms with E-state index < -0.39 is 0 Å². The van der Waals surface area contributed by atoms with Gasteiger partial charge in [0, 0.05) is 74.2 Å². The van der Waals surface area contributed by atoms with E-state index in [4.69, 9.17) is 37.9 Å². The van der Waals surface area contributed by atoms with Gasteiger partial charge in [0.1, 0.15) is 0 Å². The summed E-state index contributed by atoms with van der Waals surface area (Å²) in [5.41, 5.74) is 28.4. The summed E-state index contributed by atoms with van der Waals surface area (Å²) >= 11 is 0. The van der Waals surface area contributed by atoms with Gasteiger partial charge in [-0.3, -0.25) is 9.48 Å². The lowest BCUT2D eigenvalue weighted by Gasteiger charge is -2.37. The minimum Gasteiger partial charge on any atom is -0.338 e. The van der Waals surface area contributed by atoms with Gasteiger partial charge in [-0.2, -0.15) is 15.0 Å². The van der Waals surface area contributed by atoms with Crippen LogP contribution in [-0.4, -0.2) is 74.7 Å². The van der Waals surface area contributed by atoms with Crippen molar-refractivity contribution >= 4 is 23.5 Å². The maximum Gasteiger partial charge on any atom is 0.272 e. The molecule has 0 bridgehead atoms. The molecule has 4 atom stereocenters. The number of aromatic nitrogens is 5. The van der Waals surface area contributed by atoms with Gasteiger partial charge in [0.25, 0.3) is 5.56 Å². The molecule has 2 aliphatic heterocycles. The molecule has 0 radical (unpaired) electrons. The van der Waals surface area contributed by atoms with Crippen LogP contribution in [0.4, 0.5) is 23.5 Å². The second-order valence-electron chi connectivity index (χ2n) is 11.5. The molecular weight excluding hydrogens is 544 g/mol. The second kappa shape index (κ2) is 12.1. The average molecular weight is 585 g/mol. The van der Waals surface area contributed by atoms with Crippen LogP contribution in [0.1, 0.15) is 19.8 Å². The molecule has 0 unspecified atom stereocenters. The highest BCUT2D eigenvalue weighted by atomic mass is 16.1. The molecule has 43 heavy (non-hydrogen) atoms. The van der Waals surface area contributed by atoms with Crippen LogP contribution < -0.4 is 43.6 Å². The zero-order valence-corrected chi connectivity index (χ0v) is 24.4. The summed E-state index contributed by atoms with van der Waals surface area (Å²) in [6.45, 7) is 5.02. The molecule has 6 rings (SSSR count). The third-order valence-electron chi connectivity index (χ3n) is 7.91. The van der Waals surface area contributed by atoms with E-state index in [1.165, 1.54) is 0 Å². The van der Waals surface area contributed by atoms with E-state index in [0.717, 1.165) is 35.5 Å². The van der Waals surface area contributed by atoms with E-state index in [1.807, 2.05) is 76.0 Å². The molecule has 0 saturated carbocycles. The number of hydrogen-bond acceptors (Lipinski definition) is 11. The normalized spacial score (nSPS) is 22.5. The largest absolute Gasteiger partial charge is 0.338 e. The van der Waals surface area contributed by atoms with Crippen LogP contribution in [0.5, 0.6) is 0 Å². The first-order valence-electron chi connectivity index (χ1n) is 14.8. The SMILES string of the molecule is CCn1c(-c2cccc(Nc3nc(N4C[C@H](N)C[C@H](N)C4)nc(N4C[C@H](N)C[C@H](N)C4)n3)c2)cc(=O)n1-c1ccccc1. The highest BCUT2D eigenvalue weighted by Gasteiger charge is 2.29.